The summed E-state index contributed by atoms with van der Waals surface area (Å²) in [5, 5.41) is 14.7. The maximum atomic E-state index is 14.3. The molecule has 0 aliphatic heterocycles. The van der Waals surface area contributed by atoms with Gasteiger partial charge in [-0.15, -0.1) is 0 Å². The fourth-order valence-electron chi connectivity index (χ4n) is 4.80. The molecule has 0 bridgehead atoms. The number of carbonyl (C=O) groups is 2. The number of ether oxygens (including phenoxy) is 2. The summed E-state index contributed by atoms with van der Waals surface area (Å²) in [5.74, 6) is -0.376. The lowest BCUT2D eigenvalue weighted by molar-refractivity contribution is -0.385. The van der Waals surface area contributed by atoms with Crippen molar-refractivity contribution in [3.8, 4) is 11.5 Å². The number of nitrogens with zero attached hydrogens (tertiary/aromatic N) is 3. The highest BCUT2D eigenvalue weighted by Gasteiger charge is 2.35. The molecule has 1 atom stereocenters. The number of unbranched alkanes of at least 4 members (excludes halogenated alkanes) is 1. The number of rotatable bonds is 16. The van der Waals surface area contributed by atoms with E-state index in [1.807, 2.05) is 6.92 Å². The summed E-state index contributed by atoms with van der Waals surface area (Å²) < 4.78 is 40.0. The second-order valence-corrected chi connectivity index (χ2v) is 12.8. The molecule has 0 aliphatic carbocycles. The van der Waals surface area contributed by atoms with Gasteiger partial charge in [-0.25, -0.2) is 8.42 Å². The van der Waals surface area contributed by atoms with Crippen LogP contribution in [0.25, 0.3) is 0 Å². The van der Waals surface area contributed by atoms with Crippen LogP contribution in [0.5, 0.6) is 11.5 Å². The number of halogens is 1. The first kappa shape index (κ1) is 36.1. The normalized spacial score (nSPS) is 11.8. The molecular weight excluding hydrogens is 636 g/mol. The number of carbonyl (C=O) groups excluding carboxylic acids is 2. The number of methoxy groups -OCH3 is 2. The highest BCUT2D eigenvalue weighted by Crippen LogP contribution is 2.36. The number of sulfonamides is 1. The van der Waals surface area contributed by atoms with Gasteiger partial charge in [-0.2, -0.15) is 0 Å². The third-order valence-electron chi connectivity index (χ3n) is 7.38. The summed E-state index contributed by atoms with van der Waals surface area (Å²) >= 11 is 6.28. The Kier molecular flexibility index (Phi) is 12.8. The molecule has 0 fully saturated rings. The first-order chi connectivity index (χ1) is 21.9. The molecule has 46 heavy (non-hydrogen) atoms. The van der Waals surface area contributed by atoms with E-state index in [-0.39, 0.29) is 40.9 Å². The molecule has 0 aliphatic rings. The van der Waals surface area contributed by atoms with Gasteiger partial charge in [0.15, 0.2) is 0 Å². The van der Waals surface area contributed by atoms with E-state index in [1.165, 1.54) is 56.4 Å². The van der Waals surface area contributed by atoms with Gasteiger partial charge < -0.3 is 19.7 Å². The van der Waals surface area contributed by atoms with Gasteiger partial charge in [0.05, 0.1) is 29.7 Å². The molecule has 14 heteroatoms. The van der Waals surface area contributed by atoms with E-state index in [0.717, 1.165) is 23.2 Å². The molecule has 0 spiro atoms. The summed E-state index contributed by atoms with van der Waals surface area (Å²) in [6.45, 7) is 4.88. The average Bonchev–Trinajstić information content (AvgIpc) is 3.03. The zero-order valence-electron chi connectivity index (χ0n) is 26.5. The van der Waals surface area contributed by atoms with E-state index < -0.39 is 44.0 Å². The molecule has 12 nitrogen and oxygen atoms in total. The van der Waals surface area contributed by atoms with Crippen molar-refractivity contribution in [1.82, 2.24) is 10.2 Å². The summed E-state index contributed by atoms with van der Waals surface area (Å²) in [4.78, 5) is 39.6. The number of amides is 2. The maximum Gasteiger partial charge on any atom is 0.273 e. The van der Waals surface area contributed by atoms with Crippen LogP contribution in [0.4, 0.5) is 11.4 Å². The smallest absolute Gasteiger partial charge is 0.273 e. The van der Waals surface area contributed by atoms with Gasteiger partial charge in [0.1, 0.15) is 24.1 Å². The fourth-order valence-corrected chi connectivity index (χ4v) is 6.40. The number of hydrogen-bond acceptors (Lipinski definition) is 8. The molecule has 2 amide bonds. The first-order valence-corrected chi connectivity index (χ1v) is 16.5. The van der Waals surface area contributed by atoms with Crippen molar-refractivity contribution in [3.05, 3.63) is 86.9 Å². The number of benzene rings is 3. The predicted molar refractivity (Wildman–Crippen MR) is 176 cm³/mol. The molecule has 248 valence electrons. The van der Waals surface area contributed by atoms with Gasteiger partial charge in [-0.05, 0) is 61.7 Å². The van der Waals surface area contributed by atoms with Gasteiger partial charge >= 0.3 is 0 Å². The number of anilines is 1. The lowest BCUT2D eigenvalue weighted by atomic mass is 10.1. The van der Waals surface area contributed by atoms with Crippen molar-refractivity contribution in [2.24, 2.45) is 0 Å². The molecule has 3 rings (SSSR count). The van der Waals surface area contributed by atoms with Crippen LogP contribution in [0.3, 0.4) is 0 Å². The summed E-state index contributed by atoms with van der Waals surface area (Å²) in [6, 6.07) is 13.8. The molecular formula is C32H39ClN4O8S. The fraction of sp³-hybridized carbons (Fsp3) is 0.375. The lowest BCUT2D eigenvalue weighted by Gasteiger charge is -2.33. The van der Waals surface area contributed by atoms with Crippen molar-refractivity contribution >= 4 is 44.8 Å². The van der Waals surface area contributed by atoms with Crippen molar-refractivity contribution in [1.29, 1.82) is 0 Å². The van der Waals surface area contributed by atoms with Crippen molar-refractivity contribution < 1.29 is 32.4 Å². The lowest BCUT2D eigenvalue weighted by Crippen LogP contribution is -2.52. The molecule has 3 aromatic rings. The molecule has 1 N–H and O–H groups in total. The zero-order valence-corrected chi connectivity index (χ0v) is 28.1. The minimum absolute atomic E-state index is 0.0148. The molecule has 3 aromatic carbocycles. The summed E-state index contributed by atoms with van der Waals surface area (Å²) in [7, 11) is -1.77. The highest BCUT2D eigenvalue weighted by atomic mass is 35.5. The van der Waals surface area contributed by atoms with Gasteiger partial charge in [0, 0.05) is 29.7 Å². The van der Waals surface area contributed by atoms with E-state index in [1.54, 1.807) is 31.2 Å². The molecule has 0 unspecified atom stereocenters. The standard InChI is InChI=1S/C32H39ClN4O8S/c1-6-8-17-34-32(39)27(7-2)35(20-23-10-13-25(44-4)14-11-23)31(38)21-36(29-18-24(33)12-16-30(29)45-5)46(42,43)26-15-9-22(3)28(19-26)37(40)41/h9-16,18-19,27H,6-8,17,20-21H2,1-5H3,(H,34,39)/t27-/m1/s1. The van der Waals surface area contributed by atoms with E-state index in [2.05, 4.69) is 5.32 Å². The molecule has 0 saturated carbocycles. The third kappa shape index (κ3) is 8.67. The van der Waals surface area contributed by atoms with Crippen molar-refractivity contribution in [2.45, 2.75) is 57.5 Å². The van der Waals surface area contributed by atoms with Gasteiger partial charge in [-0.1, -0.05) is 50.1 Å². The SMILES string of the molecule is CCCCNC(=O)[C@@H](CC)N(Cc1ccc(OC)cc1)C(=O)CN(c1cc(Cl)ccc1OC)S(=O)(=O)c1ccc(C)c([N+](=O)[O-])c1. The number of nitro benzene ring substituents is 1. The van der Waals surface area contributed by atoms with Gasteiger partial charge in [-0.3, -0.25) is 24.0 Å². The van der Waals surface area contributed by atoms with E-state index >= 15 is 0 Å². The molecule has 0 saturated heterocycles. The zero-order chi connectivity index (χ0) is 34.0. The molecule has 0 heterocycles. The van der Waals surface area contributed by atoms with Crippen molar-refractivity contribution in [2.75, 3.05) is 31.6 Å². The predicted octanol–water partition coefficient (Wildman–Crippen LogP) is 5.49. The van der Waals surface area contributed by atoms with Crippen LogP contribution in [0.15, 0.2) is 65.6 Å². The molecule has 0 aromatic heterocycles. The van der Waals surface area contributed by atoms with Crippen LogP contribution < -0.4 is 19.1 Å². The average molecular weight is 675 g/mol. The van der Waals surface area contributed by atoms with Crippen LogP contribution in [-0.2, 0) is 26.2 Å². The summed E-state index contributed by atoms with van der Waals surface area (Å²) in [6.07, 6.45) is 1.85. The number of aryl methyl sites for hydroxylation is 1. The van der Waals surface area contributed by atoms with Crippen LogP contribution >= 0.6 is 11.6 Å². The monoisotopic (exact) mass is 674 g/mol. The van der Waals surface area contributed by atoms with E-state index in [4.69, 9.17) is 21.1 Å². The largest absolute Gasteiger partial charge is 0.497 e. The van der Waals surface area contributed by atoms with Crippen molar-refractivity contribution in [3.63, 3.8) is 0 Å². The molecule has 0 radical (unpaired) electrons. The third-order valence-corrected chi connectivity index (χ3v) is 9.37. The number of nitro groups is 1. The Balaban J connectivity index is 2.16. The quantitative estimate of drug-likeness (QED) is 0.119. The van der Waals surface area contributed by atoms with Crippen LogP contribution in [0.1, 0.15) is 44.2 Å². The van der Waals surface area contributed by atoms with Crippen LogP contribution in [-0.4, -0.2) is 63.4 Å². The minimum Gasteiger partial charge on any atom is -0.497 e. The Bertz CT molecular complexity index is 1650. The first-order valence-electron chi connectivity index (χ1n) is 14.7. The Morgan fingerprint density at radius 1 is 1.02 bits per heavy atom. The van der Waals surface area contributed by atoms with E-state index in [9.17, 15) is 28.1 Å². The Morgan fingerprint density at radius 3 is 2.30 bits per heavy atom. The maximum absolute atomic E-state index is 14.3. The summed E-state index contributed by atoms with van der Waals surface area (Å²) in [5.41, 5.74) is 0.480. The number of hydrogen-bond donors (Lipinski definition) is 1. The van der Waals surface area contributed by atoms with Crippen LogP contribution in [0.2, 0.25) is 5.02 Å². The second-order valence-electron chi connectivity index (χ2n) is 10.5. The van der Waals surface area contributed by atoms with Gasteiger partial charge in [0.25, 0.3) is 15.7 Å². The second kappa shape index (κ2) is 16.3. The minimum atomic E-state index is -4.63. The Hall–Kier alpha value is -4.36. The Labute approximate surface area is 274 Å². The Morgan fingerprint density at radius 2 is 1.72 bits per heavy atom. The topological polar surface area (TPSA) is 148 Å². The number of nitrogens with one attached hydrogen (secondary N) is 1. The highest BCUT2D eigenvalue weighted by molar-refractivity contribution is 7.92. The van der Waals surface area contributed by atoms with E-state index in [0.29, 0.717) is 17.9 Å². The van der Waals surface area contributed by atoms with Gasteiger partial charge in [0.2, 0.25) is 11.8 Å². The van der Waals surface area contributed by atoms with Crippen LogP contribution in [0, 0.1) is 17.0 Å².